The number of hydrogen-bond acceptors (Lipinski definition) is 3. The van der Waals surface area contributed by atoms with Crippen molar-refractivity contribution in [1.29, 1.82) is 0 Å². The van der Waals surface area contributed by atoms with Crippen LogP contribution in [0.5, 0.6) is 0 Å². The largest absolute Gasteiger partial charge is 0.383 e. The van der Waals surface area contributed by atoms with E-state index in [1.54, 1.807) is 18.2 Å². The molecule has 80 valence electrons. The Labute approximate surface area is 93.1 Å². The number of nitrogens with one attached hydrogen (secondary N) is 1. The van der Waals surface area contributed by atoms with E-state index in [0.29, 0.717) is 17.4 Å². The number of halogens is 1. The number of amides is 1. The van der Waals surface area contributed by atoms with Crippen molar-refractivity contribution >= 4 is 29.4 Å². The summed E-state index contributed by atoms with van der Waals surface area (Å²) in [5.74, 6) is 0.343. The molecule has 0 aliphatic heterocycles. The van der Waals surface area contributed by atoms with E-state index in [1.165, 1.54) is 13.1 Å². The smallest absolute Gasteiger partial charge is 0.217 e. The monoisotopic (exact) mass is 225 g/mol. The molecule has 0 unspecified atom stereocenters. The summed E-state index contributed by atoms with van der Waals surface area (Å²) in [7, 11) is 0. The van der Waals surface area contributed by atoms with Crippen LogP contribution in [0.25, 0.3) is 6.08 Å². The summed E-state index contributed by atoms with van der Waals surface area (Å²) >= 11 is 5.76. The lowest BCUT2D eigenvalue weighted by atomic mass is 10.2. The van der Waals surface area contributed by atoms with Crippen molar-refractivity contribution in [2.75, 3.05) is 12.3 Å². The Kier molecular flexibility index (Phi) is 4.12. The summed E-state index contributed by atoms with van der Waals surface area (Å²) in [5.41, 5.74) is 6.37. The van der Waals surface area contributed by atoms with Gasteiger partial charge in [-0.1, -0.05) is 23.8 Å². The first-order chi connectivity index (χ1) is 7.09. The quantitative estimate of drug-likeness (QED) is 0.819. The second-order valence-corrected chi connectivity index (χ2v) is 3.40. The van der Waals surface area contributed by atoms with Crippen LogP contribution < -0.4 is 11.1 Å². The summed E-state index contributed by atoms with van der Waals surface area (Å²) in [6.07, 6.45) is 5.04. The molecule has 1 amide bonds. The molecule has 0 saturated carbocycles. The molecule has 0 fully saturated rings. The zero-order valence-electron chi connectivity index (χ0n) is 8.33. The Bertz CT molecular complexity index is 390. The number of hydrogen-bond donors (Lipinski definition) is 2. The van der Waals surface area contributed by atoms with Crippen LogP contribution in [-0.2, 0) is 4.79 Å². The lowest BCUT2D eigenvalue weighted by molar-refractivity contribution is -0.118. The summed E-state index contributed by atoms with van der Waals surface area (Å²) in [6, 6.07) is 1.72. The zero-order valence-corrected chi connectivity index (χ0v) is 9.08. The number of carbonyl (C=O) groups is 1. The topological polar surface area (TPSA) is 68.0 Å². The average Bonchev–Trinajstić information content (AvgIpc) is 2.17. The van der Waals surface area contributed by atoms with E-state index in [-0.39, 0.29) is 5.91 Å². The van der Waals surface area contributed by atoms with E-state index in [0.717, 1.165) is 5.56 Å². The van der Waals surface area contributed by atoms with Crippen LogP contribution in [0.2, 0.25) is 5.02 Å². The number of rotatable bonds is 3. The number of carbonyl (C=O) groups excluding carboxylic acids is 1. The van der Waals surface area contributed by atoms with Crippen molar-refractivity contribution in [2.45, 2.75) is 6.92 Å². The standard InChI is InChI=1S/C10H12ClN3O/c1-7(15)13-4-2-3-8-5-9(11)6-14-10(8)12/h2-3,5-6H,4H2,1H3,(H2,12,14)(H,13,15). The molecule has 1 heterocycles. The highest BCUT2D eigenvalue weighted by Gasteiger charge is 1.97. The van der Waals surface area contributed by atoms with Gasteiger partial charge in [-0.05, 0) is 6.07 Å². The number of nitrogens with zero attached hydrogens (tertiary/aromatic N) is 1. The molecule has 0 aromatic carbocycles. The minimum absolute atomic E-state index is 0.0724. The van der Waals surface area contributed by atoms with Crippen molar-refractivity contribution in [3.05, 3.63) is 28.9 Å². The second-order valence-electron chi connectivity index (χ2n) is 2.97. The normalized spacial score (nSPS) is 10.5. The van der Waals surface area contributed by atoms with Crippen LogP contribution in [-0.4, -0.2) is 17.4 Å². The molecule has 0 bridgehead atoms. The highest BCUT2D eigenvalue weighted by Crippen LogP contribution is 2.15. The molecule has 0 atom stereocenters. The van der Waals surface area contributed by atoms with Crippen LogP contribution in [0.3, 0.4) is 0 Å². The Morgan fingerprint density at radius 3 is 3.13 bits per heavy atom. The number of nitrogen functional groups attached to an aromatic ring is 1. The Hall–Kier alpha value is -1.55. The lowest BCUT2D eigenvalue weighted by Crippen LogP contribution is -2.19. The molecule has 0 aliphatic rings. The molecule has 1 aromatic rings. The molecule has 4 nitrogen and oxygen atoms in total. The molecular formula is C10H12ClN3O. The number of nitrogens with two attached hydrogens (primary N) is 1. The number of aromatic nitrogens is 1. The molecule has 3 N–H and O–H groups in total. The molecule has 0 saturated heterocycles. The fourth-order valence-electron chi connectivity index (χ4n) is 0.988. The van der Waals surface area contributed by atoms with E-state index < -0.39 is 0 Å². The highest BCUT2D eigenvalue weighted by molar-refractivity contribution is 6.30. The first-order valence-electron chi connectivity index (χ1n) is 4.41. The Morgan fingerprint density at radius 1 is 1.73 bits per heavy atom. The van der Waals surface area contributed by atoms with E-state index in [2.05, 4.69) is 10.3 Å². The van der Waals surface area contributed by atoms with Gasteiger partial charge in [0.05, 0.1) is 5.02 Å². The van der Waals surface area contributed by atoms with Gasteiger partial charge < -0.3 is 11.1 Å². The Morgan fingerprint density at radius 2 is 2.47 bits per heavy atom. The van der Waals surface area contributed by atoms with Crippen LogP contribution in [0, 0.1) is 0 Å². The summed E-state index contributed by atoms with van der Waals surface area (Å²) in [5, 5.41) is 3.16. The number of anilines is 1. The van der Waals surface area contributed by atoms with E-state index >= 15 is 0 Å². The fraction of sp³-hybridized carbons (Fsp3) is 0.200. The molecule has 5 heteroatoms. The van der Waals surface area contributed by atoms with Crippen LogP contribution in [0.4, 0.5) is 5.82 Å². The van der Waals surface area contributed by atoms with E-state index in [1.807, 2.05) is 0 Å². The van der Waals surface area contributed by atoms with Gasteiger partial charge in [0.1, 0.15) is 5.82 Å². The van der Waals surface area contributed by atoms with Gasteiger partial charge in [0.25, 0.3) is 0 Å². The molecule has 0 radical (unpaired) electrons. The predicted octanol–water partition coefficient (Wildman–Crippen LogP) is 1.47. The van der Waals surface area contributed by atoms with Crippen molar-refractivity contribution in [1.82, 2.24) is 10.3 Å². The third-order valence-corrected chi connectivity index (χ3v) is 1.89. The molecular weight excluding hydrogens is 214 g/mol. The van der Waals surface area contributed by atoms with Crippen molar-refractivity contribution in [3.63, 3.8) is 0 Å². The number of pyridine rings is 1. The third-order valence-electron chi connectivity index (χ3n) is 1.68. The van der Waals surface area contributed by atoms with Gasteiger partial charge in [0.15, 0.2) is 0 Å². The van der Waals surface area contributed by atoms with Crippen molar-refractivity contribution in [2.24, 2.45) is 0 Å². The first kappa shape index (κ1) is 11.5. The van der Waals surface area contributed by atoms with Crippen LogP contribution >= 0.6 is 11.6 Å². The van der Waals surface area contributed by atoms with Gasteiger partial charge in [-0.15, -0.1) is 0 Å². The lowest BCUT2D eigenvalue weighted by Gasteiger charge is -1.99. The van der Waals surface area contributed by atoms with Crippen molar-refractivity contribution < 1.29 is 4.79 Å². The maximum atomic E-state index is 10.6. The molecule has 0 aliphatic carbocycles. The fourth-order valence-corrected chi connectivity index (χ4v) is 1.15. The first-order valence-corrected chi connectivity index (χ1v) is 4.79. The molecule has 1 rings (SSSR count). The van der Waals surface area contributed by atoms with Crippen molar-refractivity contribution in [3.8, 4) is 0 Å². The van der Waals surface area contributed by atoms with Gasteiger partial charge in [-0.25, -0.2) is 4.98 Å². The zero-order chi connectivity index (χ0) is 11.3. The van der Waals surface area contributed by atoms with Crippen LogP contribution in [0.15, 0.2) is 18.3 Å². The maximum absolute atomic E-state index is 10.6. The molecule has 1 aromatic heterocycles. The van der Waals surface area contributed by atoms with E-state index in [9.17, 15) is 4.79 Å². The average molecular weight is 226 g/mol. The minimum atomic E-state index is -0.0724. The third kappa shape index (κ3) is 3.99. The Balaban J connectivity index is 2.63. The van der Waals surface area contributed by atoms with Gasteiger partial charge in [0, 0.05) is 25.2 Å². The minimum Gasteiger partial charge on any atom is -0.383 e. The van der Waals surface area contributed by atoms with E-state index in [4.69, 9.17) is 17.3 Å². The molecule has 15 heavy (non-hydrogen) atoms. The second kappa shape index (κ2) is 5.36. The van der Waals surface area contributed by atoms with Crippen LogP contribution in [0.1, 0.15) is 12.5 Å². The summed E-state index contributed by atoms with van der Waals surface area (Å²) < 4.78 is 0. The SMILES string of the molecule is CC(=O)NCC=Cc1cc(Cl)cnc1N. The van der Waals surface area contributed by atoms with Gasteiger partial charge >= 0.3 is 0 Å². The highest BCUT2D eigenvalue weighted by atomic mass is 35.5. The molecule has 0 spiro atoms. The van der Waals surface area contributed by atoms with Gasteiger partial charge in [-0.3, -0.25) is 4.79 Å². The predicted molar refractivity (Wildman–Crippen MR) is 61.4 cm³/mol. The van der Waals surface area contributed by atoms with Gasteiger partial charge in [0.2, 0.25) is 5.91 Å². The summed E-state index contributed by atoms with van der Waals surface area (Å²) in [6.45, 7) is 1.92. The maximum Gasteiger partial charge on any atom is 0.217 e. The summed E-state index contributed by atoms with van der Waals surface area (Å²) in [4.78, 5) is 14.5. The van der Waals surface area contributed by atoms with Gasteiger partial charge in [-0.2, -0.15) is 0 Å².